The molecule has 20 heavy (non-hydrogen) atoms. The second-order valence-corrected chi connectivity index (χ2v) is 5.48. The molecule has 1 aromatic carbocycles. The Morgan fingerprint density at radius 2 is 2.00 bits per heavy atom. The van der Waals surface area contributed by atoms with Crippen molar-refractivity contribution in [3.63, 3.8) is 0 Å². The molecule has 1 N–H and O–H groups in total. The lowest BCUT2D eigenvalue weighted by molar-refractivity contribution is 1.02. The Morgan fingerprint density at radius 3 is 2.90 bits per heavy atom. The van der Waals surface area contributed by atoms with Crippen LogP contribution in [0.25, 0.3) is 10.9 Å². The zero-order valence-corrected chi connectivity index (χ0v) is 12.5. The Morgan fingerprint density at radius 1 is 1.10 bits per heavy atom. The van der Waals surface area contributed by atoms with Gasteiger partial charge in [-0.2, -0.15) is 0 Å². The second-order valence-electron chi connectivity index (χ2n) is 4.56. The molecule has 0 bridgehead atoms. The van der Waals surface area contributed by atoms with E-state index < -0.39 is 0 Å². The van der Waals surface area contributed by atoms with E-state index in [1.54, 1.807) is 6.20 Å². The van der Waals surface area contributed by atoms with Gasteiger partial charge in [0, 0.05) is 28.8 Å². The van der Waals surface area contributed by atoms with Crippen LogP contribution < -0.4 is 5.32 Å². The summed E-state index contributed by atoms with van der Waals surface area (Å²) in [6, 6.07) is 12.4. The van der Waals surface area contributed by atoms with Gasteiger partial charge in [-0.15, -0.1) is 0 Å². The van der Waals surface area contributed by atoms with Gasteiger partial charge in [0.1, 0.15) is 0 Å². The van der Waals surface area contributed by atoms with Gasteiger partial charge in [0.15, 0.2) is 0 Å². The summed E-state index contributed by atoms with van der Waals surface area (Å²) in [4.78, 5) is 8.61. The van der Waals surface area contributed by atoms with E-state index in [2.05, 4.69) is 55.5 Å². The summed E-state index contributed by atoms with van der Waals surface area (Å²) in [6.07, 6.45) is 6.38. The highest BCUT2D eigenvalue weighted by Crippen LogP contribution is 2.17. The minimum absolute atomic E-state index is 0.855. The first-order valence-electron chi connectivity index (χ1n) is 6.50. The Labute approximate surface area is 126 Å². The smallest absolute Gasteiger partial charge is 0.0734 e. The van der Waals surface area contributed by atoms with Crippen LogP contribution in [0.1, 0.15) is 5.56 Å². The highest BCUT2D eigenvalue weighted by Gasteiger charge is 2.01. The lowest BCUT2D eigenvalue weighted by Gasteiger charge is -2.08. The summed E-state index contributed by atoms with van der Waals surface area (Å²) < 4.78 is 0.981. The van der Waals surface area contributed by atoms with Crippen LogP contribution >= 0.6 is 15.9 Å². The molecule has 0 fully saturated rings. The lowest BCUT2D eigenvalue weighted by Crippen LogP contribution is -2.05. The molecule has 2 heterocycles. The maximum absolute atomic E-state index is 4.47. The molecule has 0 aliphatic carbocycles. The summed E-state index contributed by atoms with van der Waals surface area (Å²) in [7, 11) is 0. The molecule has 0 aliphatic heterocycles. The molecule has 0 amide bonds. The van der Waals surface area contributed by atoms with E-state index >= 15 is 0 Å². The molecule has 3 aromatic rings. The second kappa shape index (κ2) is 6.01. The number of para-hydroxylation sites is 1. The summed E-state index contributed by atoms with van der Waals surface area (Å²) in [6.45, 7) is 0.855. The van der Waals surface area contributed by atoms with Crippen molar-refractivity contribution in [3.8, 4) is 0 Å². The number of anilines is 1. The topological polar surface area (TPSA) is 37.8 Å². The third-order valence-electron chi connectivity index (χ3n) is 3.14. The van der Waals surface area contributed by atoms with E-state index in [0.717, 1.165) is 28.6 Å². The monoisotopic (exact) mass is 327 g/mol. The highest BCUT2D eigenvalue weighted by molar-refractivity contribution is 9.10. The van der Waals surface area contributed by atoms with E-state index in [1.807, 2.05) is 24.5 Å². The SMILES string of the molecule is Brc1cncc(NCCc2cccc3cccnc23)c1. The summed E-state index contributed by atoms with van der Waals surface area (Å²) in [5.74, 6) is 0. The van der Waals surface area contributed by atoms with Gasteiger partial charge in [-0.1, -0.05) is 24.3 Å². The maximum Gasteiger partial charge on any atom is 0.0734 e. The van der Waals surface area contributed by atoms with E-state index in [4.69, 9.17) is 0 Å². The third kappa shape index (κ3) is 2.96. The first-order chi connectivity index (χ1) is 9.83. The summed E-state index contributed by atoms with van der Waals surface area (Å²) >= 11 is 3.42. The number of fused-ring (bicyclic) bond motifs is 1. The van der Waals surface area contributed by atoms with Gasteiger partial charge < -0.3 is 5.32 Å². The van der Waals surface area contributed by atoms with Crippen LogP contribution in [0.2, 0.25) is 0 Å². The number of rotatable bonds is 4. The van der Waals surface area contributed by atoms with Crippen LogP contribution in [0.5, 0.6) is 0 Å². The fourth-order valence-electron chi connectivity index (χ4n) is 2.22. The zero-order valence-electron chi connectivity index (χ0n) is 10.9. The van der Waals surface area contributed by atoms with Crippen molar-refractivity contribution < 1.29 is 0 Å². The molecule has 3 rings (SSSR count). The number of hydrogen-bond donors (Lipinski definition) is 1. The van der Waals surface area contributed by atoms with Gasteiger partial charge in [0.05, 0.1) is 17.4 Å². The van der Waals surface area contributed by atoms with Crippen molar-refractivity contribution in [2.75, 3.05) is 11.9 Å². The number of benzene rings is 1. The van der Waals surface area contributed by atoms with Crippen molar-refractivity contribution >= 4 is 32.5 Å². The Balaban J connectivity index is 1.71. The van der Waals surface area contributed by atoms with Crippen LogP contribution in [0.15, 0.2) is 59.5 Å². The molecule has 4 heteroatoms. The minimum Gasteiger partial charge on any atom is -0.383 e. The van der Waals surface area contributed by atoms with Gasteiger partial charge in [0.25, 0.3) is 0 Å². The first kappa shape index (κ1) is 13.1. The normalized spacial score (nSPS) is 10.7. The molecule has 0 unspecified atom stereocenters. The quantitative estimate of drug-likeness (QED) is 0.785. The molecule has 0 spiro atoms. The molecule has 0 radical (unpaired) electrons. The Hall–Kier alpha value is -1.94. The predicted octanol–water partition coefficient (Wildman–Crippen LogP) is 4.05. The van der Waals surface area contributed by atoms with Crippen LogP contribution in [0.4, 0.5) is 5.69 Å². The average molecular weight is 328 g/mol. The predicted molar refractivity (Wildman–Crippen MR) is 85.9 cm³/mol. The van der Waals surface area contributed by atoms with Crippen molar-refractivity contribution in [2.45, 2.75) is 6.42 Å². The van der Waals surface area contributed by atoms with Gasteiger partial charge in [-0.25, -0.2) is 0 Å². The van der Waals surface area contributed by atoms with Gasteiger partial charge >= 0.3 is 0 Å². The molecular formula is C16H14BrN3. The Kier molecular flexibility index (Phi) is 3.92. The largest absolute Gasteiger partial charge is 0.383 e. The molecule has 3 nitrogen and oxygen atoms in total. The molecule has 2 aromatic heterocycles. The number of hydrogen-bond acceptors (Lipinski definition) is 3. The fourth-order valence-corrected chi connectivity index (χ4v) is 2.58. The fraction of sp³-hybridized carbons (Fsp3) is 0.125. The van der Waals surface area contributed by atoms with Gasteiger partial charge in [0.2, 0.25) is 0 Å². The Bertz CT molecular complexity index is 722. The van der Waals surface area contributed by atoms with Gasteiger partial charge in [-0.05, 0) is 40.0 Å². The number of aromatic nitrogens is 2. The van der Waals surface area contributed by atoms with E-state index in [9.17, 15) is 0 Å². The number of nitrogens with zero attached hydrogens (tertiary/aromatic N) is 2. The molecule has 100 valence electrons. The van der Waals surface area contributed by atoms with Crippen molar-refractivity contribution in [2.24, 2.45) is 0 Å². The standard InChI is InChI=1S/C16H14BrN3/c17-14-9-15(11-18-10-14)19-8-6-13-4-1-3-12-5-2-7-20-16(12)13/h1-5,7,9-11,19H,6,8H2. The minimum atomic E-state index is 0.855. The summed E-state index contributed by atoms with van der Waals surface area (Å²) in [5.41, 5.74) is 3.37. The number of nitrogens with one attached hydrogen (secondary N) is 1. The molecule has 0 aliphatic rings. The first-order valence-corrected chi connectivity index (χ1v) is 7.29. The van der Waals surface area contributed by atoms with Gasteiger partial charge in [-0.3, -0.25) is 9.97 Å². The molecule has 0 atom stereocenters. The van der Waals surface area contributed by atoms with Crippen LogP contribution in [0, 0.1) is 0 Å². The van der Waals surface area contributed by atoms with E-state index in [-0.39, 0.29) is 0 Å². The summed E-state index contributed by atoms with van der Waals surface area (Å²) in [5, 5.41) is 4.57. The number of pyridine rings is 2. The molecule has 0 saturated carbocycles. The van der Waals surface area contributed by atoms with Crippen molar-refractivity contribution in [1.29, 1.82) is 0 Å². The lowest BCUT2D eigenvalue weighted by atomic mass is 10.1. The number of halogens is 1. The molecular weight excluding hydrogens is 314 g/mol. The van der Waals surface area contributed by atoms with Crippen LogP contribution in [-0.2, 0) is 6.42 Å². The van der Waals surface area contributed by atoms with Crippen molar-refractivity contribution in [1.82, 2.24) is 9.97 Å². The van der Waals surface area contributed by atoms with E-state index in [1.165, 1.54) is 10.9 Å². The zero-order chi connectivity index (χ0) is 13.8. The third-order valence-corrected chi connectivity index (χ3v) is 3.58. The van der Waals surface area contributed by atoms with E-state index in [0.29, 0.717) is 0 Å². The average Bonchev–Trinajstić information content (AvgIpc) is 2.48. The van der Waals surface area contributed by atoms with Crippen molar-refractivity contribution in [3.05, 3.63) is 65.0 Å². The maximum atomic E-state index is 4.47. The molecule has 0 saturated heterocycles. The van der Waals surface area contributed by atoms with Crippen LogP contribution in [-0.4, -0.2) is 16.5 Å². The highest BCUT2D eigenvalue weighted by atomic mass is 79.9. The van der Waals surface area contributed by atoms with Crippen LogP contribution in [0.3, 0.4) is 0 Å².